The molecular weight excluding hydrogens is 462 g/mol. The van der Waals surface area contributed by atoms with Crippen LogP contribution in [0.2, 0.25) is 0 Å². The molecule has 0 radical (unpaired) electrons. The van der Waals surface area contributed by atoms with Crippen LogP contribution in [0, 0.1) is 0 Å². The SMILES string of the molecule is CS(=O)(=O)N(Cc1ccccc1)c1ccc(C(=O)NCc2cccc(CN3CCOCC3)c2)cc1. The van der Waals surface area contributed by atoms with Crippen molar-refractivity contribution in [1.29, 1.82) is 0 Å². The zero-order chi connectivity index (χ0) is 24.7. The van der Waals surface area contributed by atoms with Crippen LogP contribution in [0.5, 0.6) is 0 Å². The zero-order valence-electron chi connectivity index (χ0n) is 19.9. The first-order valence-corrected chi connectivity index (χ1v) is 13.5. The van der Waals surface area contributed by atoms with Crippen molar-refractivity contribution in [3.63, 3.8) is 0 Å². The van der Waals surface area contributed by atoms with Gasteiger partial charge in [0, 0.05) is 31.7 Å². The lowest BCUT2D eigenvalue weighted by Gasteiger charge is -2.26. The Kier molecular flexibility index (Phi) is 8.17. The minimum atomic E-state index is -3.49. The molecule has 4 rings (SSSR count). The topological polar surface area (TPSA) is 79.0 Å². The standard InChI is InChI=1S/C27H31N3O4S/c1-35(32,33)30(21-22-6-3-2-4-7-22)26-12-10-25(11-13-26)27(31)28-19-23-8-5-9-24(18-23)20-29-14-16-34-17-15-29/h2-13,18H,14-17,19-21H2,1H3,(H,28,31). The van der Waals surface area contributed by atoms with Crippen LogP contribution in [0.25, 0.3) is 0 Å². The van der Waals surface area contributed by atoms with Crippen molar-refractivity contribution < 1.29 is 17.9 Å². The first-order valence-electron chi connectivity index (χ1n) is 11.7. The maximum Gasteiger partial charge on any atom is 0.251 e. The summed E-state index contributed by atoms with van der Waals surface area (Å²) in [7, 11) is -3.49. The third-order valence-electron chi connectivity index (χ3n) is 5.94. The Morgan fingerprint density at radius 2 is 1.57 bits per heavy atom. The highest BCUT2D eigenvalue weighted by atomic mass is 32.2. The molecule has 35 heavy (non-hydrogen) atoms. The van der Waals surface area contributed by atoms with Crippen LogP contribution in [0.15, 0.2) is 78.9 Å². The summed E-state index contributed by atoms with van der Waals surface area (Å²) in [5.41, 5.74) is 4.12. The maximum atomic E-state index is 12.7. The Bertz CT molecular complexity index is 1220. The van der Waals surface area contributed by atoms with Crippen LogP contribution in [0.4, 0.5) is 5.69 Å². The minimum Gasteiger partial charge on any atom is -0.379 e. The van der Waals surface area contributed by atoms with Crippen molar-refractivity contribution in [3.05, 3.63) is 101 Å². The van der Waals surface area contributed by atoms with Gasteiger partial charge >= 0.3 is 0 Å². The predicted molar refractivity (Wildman–Crippen MR) is 138 cm³/mol. The third kappa shape index (κ3) is 7.14. The van der Waals surface area contributed by atoms with E-state index in [1.54, 1.807) is 24.3 Å². The lowest BCUT2D eigenvalue weighted by molar-refractivity contribution is 0.0342. The van der Waals surface area contributed by atoms with Crippen LogP contribution in [0.3, 0.4) is 0 Å². The van der Waals surface area contributed by atoms with Crippen molar-refractivity contribution in [2.75, 3.05) is 36.9 Å². The number of nitrogens with one attached hydrogen (secondary N) is 1. The number of morpholine rings is 1. The van der Waals surface area contributed by atoms with Gasteiger partial charge in [-0.25, -0.2) is 8.42 Å². The molecular formula is C27H31N3O4S. The highest BCUT2D eigenvalue weighted by Crippen LogP contribution is 2.21. The molecule has 0 spiro atoms. The van der Waals surface area contributed by atoms with E-state index in [4.69, 9.17) is 4.74 Å². The van der Waals surface area contributed by atoms with E-state index in [1.165, 1.54) is 16.1 Å². The average Bonchev–Trinajstić information content (AvgIpc) is 2.87. The van der Waals surface area contributed by atoms with E-state index in [2.05, 4.69) is 22.3 Å². The summed E-state index contributed by atoms with van der Waals surface area (Å²) < 4.78 is 31.6. The number of anilines is 1. The van der Waals surface area contributed by atoms with Gasteiger partial charge in [0.25, 0.3) is 5.91 Å². The lowest BCUT2D eigenvalue weighted by Crippen LogP contribution is -2.35. The molecule has 1 N–H and O–H groups in total. The molecule has 7 nitrogen and oxygen atoms in total. The quantitative estimate of drug-likeness (QED) is 0.494. The molecule has 0 unspecified atom stereocenters. The number of sulfonamides is 1. The predicted octanol–water partition coefficient (Wildman–Crippen LogP) is 3.42. The van der Waals surface area contributed by atoms with Gasteiger partial charge < -0.3 is 10.1 Å². The molecule has 184 valence electrons. The summed E-state index contributed by atoms with van der Waals surface area (Å²) in [6.45, 7) is 4.91. The van der Waals surface area contributed by atoms with Gasteiger partial charge in [0.05, 0.1) is 31.7 Å². The number of hydrogen-bond donors (Lipinski definition) is 1. The summed E-state index contributed by atoms with van der Waals surface area (Å²) in [6, 6.07) is 24.3. The largest absolute Gasteiger partial charge is 0.379 e. The van der Waals surface area contributed by atoms with Gasteiger partial charge in [-0.3, -0.25) is 14.0 Å². The number of carbonyl (C=O) groups excluding carboxylic acids is 1. The zero-order valence-corrected chi connectivity index (χ0v) is 20.7. The molecule has 1 saturated heterocycles. The summed E-state index contributed by atoms with van der Waals surface area (Å²) in [4.78, 5) is 15.1. The second-order valence-corrected chi connectivity index (χ2v) is 10.6. The third-order valence-corrected chi connectivity index (χ3v) is 7.08. The Labute approximate surface area is 207 Å². The lowest BCUT2D eigenvalue weighted by atomic mass is 10.1. The summed E-state index contributed by atoms with van der Waals surface area (Å²) in [5, 5.41) is 2.96. The monoisotopic (exact) mass is 493 g/mol. The minimum absolute atomic E-state index is 0.205. The molecule has 3 aromatic rings. The molecule has 8 heteroatoms. The molecule has 1 heterocycles. The van der Waals surface area contributed by atoms with Gasteiger partial charge in [0.15, 0.2) is 0 Å². The number of benzene rings is 3. The van der Waals surface area contributed by atoms with E-state index in [1.807, 2.05) is 42.5 Å². The second-order valence-electron chi connectivity index (χ2n) is 8.69. The van der Waals surface area contributed by atoms with Gasteiger partial charge in [-0.15, -0.1) is 0 Å². The summed E-state index contributed by atoms with van der Waals surface area (Å²) in [6.07, 6.45) is 1.18. The van der Waals surface area contributed by atoms with E-state index in [-0.39, 0.29) is 12.5 Å². The van der Waals surface area contributed by atoms with Crippen molar-refractivity contribution in [1.82, 2.24) is 10.2 Å². The van der Waals surface area contributed by atoms with Gasteiger partial charge in [-0.2, -0.15) is 0 Å². The Morgan fingerprint density at radius 1 is 0.914 bits per heavy atom. The molecule has 1 fully saturated rings. The molecule has 0 saturated carbocycles. The second kappa shape index (κ2) is 11.5. The normalized spacial score (nSPS) is 14.4. The first kappa shape index (κ1) is 24.9. The number of amides is 1. The van der Waals surface area contributed by atoms with Crippen LogP contribution in [-0.4, -0.2) is 51.8 Å². The van der Waals surface area contributed by atoms with Crippen molar-refractivity contribution in [2.24, 2.45) is 0 Å². The number of carbonyl (C=O) groups is 1. The number of ether oxygens (including phenoxy) is 1. The van der Waals surface area contributed by atoms with Crippen molar-refractivity contribution in [2.45, 2.75) is 19.6 Å². The average molecular weight is 494 g/mol. The van der Waals surface area contributed by atoms with E-state index in [9.17, 15) is 13.2 Å². The van der Waals surface area contributed by atoms with Crippen molar-refractivity contribution in [3.8, 4) is 0 Å². The molecule has 3 aromatic carbocycles. The van der Waals surface area contributed by atoms with Crippen LogP contribution in [0.1, 0.15) is 27.0 Å². The van der Waals surface area contributed by atoms with Gasteiger partial charge in [-0.05, 0) is 41.0 Å². The van der Waals surface area contributed by atoms with E-state index in [0.717, 1.165) is 44.0 Å². The van der Waals surface area contributed by atoms with E-state index >= 15 is 0 Å². The fourth-order valence-electron chi connectivity index (χ4n) is 4.07. The molecule has 1 aliphatic heterocycles. The van der Waals surface area contributed by atoms with Crippen LogP contribution < -0.4 is 9.62 Å². The maximum absolute atomic E-state index is 12.7. The van der Waals surface area contributed by atoms with Gasteiger partial charge in [0.1, 0.15) is 0 Å². The fraction of sp³-hybridized carbons (Fsp3) is 0.296. The molecule has 0 aromatic heterocycles. The highest BCUT2D eigenvalue weighted by Gasteiger charge is 2.18. The summed E-state index contributed by atoms with van der Waals surface area (Å²) in [5.74, 6) is -0.205. The molecule has 0 aliphatic carbocycles. The first-order chi connectivity index (χ1) is 16.9. The molecule has 0 bridgehead atoms. The highest BCUT2D eigenvalue weighted by molar-refractivity contribution is 7.92. The molecule has 1 aliphatic rings. The number of rotatable bonds is 9. The number of nitrogens with zero attached hydrogens (tertiary/aromatic N) is 2. The Balaban J connectivity index is 1.37. The summed E-state index contributed by atoms with van der Waals surface area (Å²) >= 11 is 0. The van der Waals surface area contributed by atoms with Crippen LogP contribution in [-0.2, 0) is 34.4 Å². The van der Waals surface area contributed by atoms with Crippen LogP contribution >= 0.6 is 0 Å². The smallest absolute Gasteiger partial charge is 0.251 e. The van der Waals surface area contributed by atoms with Crippen molar-refractivity contribution >= 4 is 21.6 Å². The number of hydrogen-bond acceptors (Lipinski definition) is 5. The van der Waals surface area contributed by atoms with Gasteiger partial charge in [0.2, 0.25) is 10.0 Å². The molecule has 0 atom stereocenters. The van der Waals surface area contributed by atoms with Gasteiger partial charge in [-0.1, -0.05) is 54.6 Å². The van der Waals surface area contributed by atoms with E-state index in [0.29, 0.717) is 17.8 Å². The van der Waals surface area contributed by atoms with E-state index < -0.39 is 10.0 Å². The fourth-order valence-corrected chi connectivity index (χ4v) is 4.96. The Hall–Kier alpha value is -3.20. The molecule has 1 amide bonds. The Morgan fingerprint density at radius 3 is 2.26 bits per heavy atom.